The van der Waals surface area contributed by atoms with Crippen molar-refractivity contribution in [1.29, 1.82) is 0 Å². The molecule has 0 rings (SSSR count). The highest BCUT2D eigenvalue weighted by Crippen LogP contribution is 1.96. The van der Waals surface area contributed by atoms with Crippen molar-refractivity contribution in [1.82, 2.24) is 0 Å². The average Bonchev–Trinajstić information content (AvgIpc) is 1.87. The summed E-state index contributed by atoms with van der Waals surface area (Å²) in [5, 5.41) is 25.7. The smallest absolute Gasteiger partial charge is 0.248 e. The van der Waals surface area contributed by atoms with Gasteiger partial charge in [-0.05, 0) is 6.42 Å². The first-order valence-electron chi connectivity index (χ1n) is 2.86. The first kappa shape index (κ1) is 9.35. The van der Waals surface area contributed by atoms with E-state index in [1.54, 1.807) is 0 Å². The summed E-state index contributed by atoms with van der Waals surface area (Å²) in [6, 6.07) is 0. The molecule has 0 unspecified atom stereocenters. The summed E-state index contributed by atoms with van der Waals surface area (Å²) in [4.78, 5) is 10.1. The van der Waals surface area contributed by atoms with E-state index in [1.165, 1.54) is 0 Å². The van der Waals surface area contributed by atoms with E-state index >= 15 is 0 Å². The number of hydrogen-bond acceptors (Lipinski definition) is 4. The first-order chi connectivity index (χ1) is 4.59. The number of primary amides is 1. The Labute approximate surface area is 58.1 Å². The lowest BCUT2D eigenvalue weighted by Gasteiger charge is -2.12. The van der Waals surface area contributed by atoms with Crippen molar-refractivity contribution in [3.05, 3.63) is 0 Å². The lowest BCUT2D eigenvalue weighted by Crippen LogP contribution is -2.39. The highest BCUT2D eigenvalue weighted by atomic mass is 16.3. The zero-order valence-electron chi connectivity index (χ0n) is 5.40. The maximum absolute atomic E-state index is 10.1. The van der Waals surface area contributed by atoms with E-state index in [4.69, 9.17) is 15.3 Å². The van der Waals surface area contributed by atoms with Crippen molar-refractivity contribution in [2.24, 2.45) is 5.73 Å². The number of carbonyl (C=O) groups is 1. The van der Waals surface area contributed by atoms with E-state index in [-0.39, 0.29) is 13.0 Å². The van der Waals surface area contributed by atoms with E-state index in [0.29, 0.717) is 0 Å². The number of aliphatic hydroxyl groups is 3. The molecule has 1 amide bonds. The number of carbonyl (C=O) groups excluding carboxylic acids is 1. The van der Waals surface area contributed by atoms with Crippen LogP contribution in [0.15, 0.2) is 0 Å². The third-order valence-corrected chi connectivity index (χ3v) is 1.08. The van der Waals surface area contributed by atoms with Crippen molar-refractivity contribution in [3.8, 4) is 0 Å². The molecule has 0 bridgehead atoms. The van der Waals surface area contributed by atoms with Gasteiger partial charge in [-0.2, -0.15) is 0 Å². The van der Waals surface area contributed by atoms with Gasteiger partial charge in [0, 0.05) is 6.61 Å². The van der Waals surface area contributed by atoms with Crippen LogP contribution in [0.3, 0.4) is 0 Å². The highest BCUT2D eigenvalue weighted by molar-refractivity contribution is 5.79. The van der Waals surface area contributed by atoms with Gasteiger partial charge in [-0.3, -0.25) is 4.79 Å². The third-order valence-electron chi connectivity index (χ3n) is 1.08. The monoisotopic (exact) mass is 149 g/mol. The molecule has 60 valence electrons. The Morgan fingerprint density at radius 1 is 1.50 bits per heavy atom. The van der Waals surface area contributed by atoms with Crippen molar-refractivity contribution in [2.45, 2.75) is 18.6 Å². The Bertz CT molecular complexity index is 116. The molecular formula is C5H11NO4. The third kappa shape index (κ3) is 2.77. The van der Waals surface area contributed by atoms with E-state index in [1.807, 2.05) is 0 Å². The Kier molecular flexibility index (Phi) is 3.94. The van der Waals surface area contributed by atoms with Gasteiger partial charge < -0.3 is 21.1 Å². The maximum atomic E-state index is 10.1. The second-order valence-electron chi connectivity index (χ2n) is 1.93. The first-order valence-corrected chi connectivity index (χ1v) is 2.86. The zero-order valence-corrected chi connectivity index (χ0v) is 5.40. The van der Waals surface area contributed by atoms with Gasteiger partial charge in [0.1, 0.15) is 0 Å². The normalized spacial score (nSPS) is 16.3. The molecule has 0 aromatic heterocycles. The highest BCUT2D eigenvalue weighted by Gasteiger charge is 2.20. The fourth-order valence-electron chi connectivity index (χ4n) is 0.480. The predicted molar refractivity (Wildman–Crippen MR) is 32.9 cm³/mol. The molecule has 0 aliphatic heterocycles. The predicted octanol–water partition coefficient (Wildman–Crippen LogP) is -2.42. The zero-order chi connectivity index (χ0) is 8.15. The number of hydrogen-bond donors (Lipinski definition) is 4. The van der Waals surface area contributed by atoms with Crippen LogP contribution >= 0.6 is 0 Å². The number of nitrogens with two attached hydrogens (primary N) is 1. The molecule has 0 saturated heterocycles. The van der Waals surface area contributed by atoms with Gasteiger partial charge >= 0.3 is 0 Å². The second kappa shape index (κ2) is 4.21. The van der Waals surface area contributed by atoms with Gasteiger partial charge in [0.15, 0.2) is 6.10 Å². The van der Waals surface area contributed by atoms with Crippen LogP contribution in [0.2, 0.25) is 0 Å². The van der Waals surface area contributed by atoms with Gasteiger partial charge in [0.05, 0.1) is 6.10 Å². The van der Waals surface area contributed by atoms with E-state index < -0.39 is 18.1 Å². The maximum Gasteiger partial charge on any atom is 0.248 e. The minimum Gasteiger partial charge on any atom is -0.396 e. The summed E-state index contributed by atoms with van der Waals surface area (Å²) in [5.41, 5.74) is 4.64. The van der Waals surface area contributed by atoms with Crippen molar-refractivity contribution < 1.29 is 20.1 Å². The molecule has 0 saturated carbocycles. The lowest BCUT2D eigenvalue weighted by molar-refractivity contribution is -0.132. The lowest BCUT2D eigenvalue weighted by atomic mass is 10.1. The number of amides is 1. The quantitative estimate of drug-likeness (QED) is 0.357. The number of aliphatic hydroxyl groups excluding tert-OH is 3. The molecule has 2 atom stereocenters. The molecule has 5 heteroatoms. The molecule has 0 fully saturated rings. The molecular weight excluding hydrogens is 138 g/mol. The Balaban J connectivity index is 3.69. The van der Waals surface area contributed by atoms with Crippen molar-refractivity contribution in [2.75, 3.05) is 6.61 Å². The van der Waals surface area contributed by atoms with Crippen LogP contribution in [0.5, 0.6) is 0 Å². The molecule has 0 spiro atoms. The molecule has 0 aromatic rings. The minimum absolute atomic E-state index is 0.0515. The van der Waals surface area contributed by atoms with Gasteiger partial charge in [-0.15, -0.1) is 0 Å². The van der Waals surface area contributed by atoms with Crippen LogP contribution in [0, 0.1) is 0 Å². The Morgan fingerprint density at radius 3 is 2.30 bits per heavy atom. The molecule has 0 heterocycles. The molecule has 0 aliphatic carbocycles. The largest absolute Gasteiger partial charge is 0.396 e. The summed E-state index contributed by atoms with van der Waals surface area (Å²) < 4.78 is 0. The Hall–Kier alpha value is -0.650. The minimum atomic E-state index is -1.58. The van der Waals surface area contributed by atoms with Gasteiger partial charge in [-0.25, -0.2) is 0 Å². The molecule has 0 aromatic carbocycles. The summed E-state index contributed by atoms with van der Waals surface area (Å²) in [6.45, 7) is -0.286. The Morgan fingerprint density at radius 2 is 2.00 bits per heavy atom. The molecule has 5 N–H and O–H groups in total. The average molecular weight is 149 g/mol. The van der Waals surface area contributed by atoms with Crippen molar-refractivity contribution in [3.63, 3.8) is 0 Å². The van der Waals surface area contributed by atoms with Gasteiger partial charge in [-0.1, -0.05) is 0 Å². The molecule has 0 aliphatic rings. The summed E-state index contributed by atoms with van der Waals surface area (Å²) in [7, 11) is 0. The fourth-order valence-corrected chi connectivity index (χ4v) is 0.480. The topological polar surface area (TPSA) is 104 Å². The summed E-state index contributed by atoms with van der Waals surface area (Å²) in [6.07, 6.45) is -2.89. The standard InChI is InChI=1S/C5H11NO4/c6-5(10)4(9)3(8)1-2-7/h3-4,7-9H,1-2H2,(H2,6,10)/t3-,4+/m1/s1. The summed E-state index contributed by atoms with van der Waals surface area (Å²) in [5.74, 6) is -0.985. The fraction of sp³-hybridized carbons (Fsp3) is 0.800. The van der Waals surface area contributed by atoms with Crippen LogP contribution in [-0.2, 0) is 4.79 Å². The SMILES string of the molecule is NC(=O)[C@@H](O)[C@H](O)CCO. The molecule has 5 nitrogen and oxygen atoms in total. The summed E-state index contributed by atoms with van der Waals surface area (Å²) >= 11 is 0. The number of rotatable bonds is 4. The van der Waals surface area contributed by atoms with Crippen molar-refractivity contribution >= 4 is 5.91 Å². The van der Waals surface area contributed by atoms with Gasteiger partial charge in [0.25, 0.3) is 0 Å². The van der Waals surface area contributed by atoms with Crippen LogP contribution in [-0.4, -0.2) is 40.0 Å². The molecule has 10 heavy (non-hydrogen) atoms. The van der Waals surface area contributed by atoms with Crippen LogP contribution in [0.1, 0.15) is 6.42 Å². The van der Waals surface area contributed by atoms with E-state index in [9.17, 15) is 4.79 Å². The van der Waals surface area contributed by atoms with E-state index in [2.05, 4.69) is 5.73 Å². The van der Waals surface area contributed by atoms with Crippen LogP contribution < -0.4 is 5.73 Å². The van der Waals surface area contributed by atoms with Gasteiger partial charge in [0.2, 0.25) is 5.91 Å². The van der Waals surface area contributed by atoms with E-state index in [0.717, 1.165) is 0 Å². The van der Waals surface area contributed by atoms with Crippen LogP contribution in [0.25, 0.3) is 0 Å². The van der Waals surface area contributed by atoms with Crippen LogP contribution in [0.4, 0.5) is 0 Å². The molecule has 0 radical (unpaired) electrons. The second-order valence-corrected chi connectivity index (χ2v) is 1.93.